The van der Waals surface area contributed by atoms with Gasteiger partial charge < -0.3 is 4.90 Å². The van der Waals surface area contributed by atoms with E-state index >= 15 is 0 Å². The van der Waals surface area contributed by atoms with E-state index in [2.05, 4.69) is 0 Å². The van der Waals surface area contributed by atoms with E-state index in [-0.39, 0.29) is 17.4 Å². The average molecular weight is 348 g/mol. The third-order valence-corrected chi connectivity index (χ3v) is 6.19. The molecule has 0 atom stereocenters. The lowest BCUT2D eigenvalue weighted by Crippen LogP contribution is -2.30. The van der Waals surface area contributed by atoms with Gasteiger partial charge >= 0.3 is 0 Å². The number of amides is 1. The smallest absolute Gasteiger partial charge is 0.237 e. The molecule has 0 aromatic rings. The Morgan fingerprint density at radius 2 is 1.95 bits per heavy atom. The highest BCUT2D eigenvalue weighted by molar-refractivity contribution is 8.04. The van der Waals surface area contributed by atoms with Gasteiger partial charge in [0.25, 0.3) is 0 Å². The number of rotatable bonds is 6. The third kappa shape index (κ3) is 5.10. The van der Waals surface area contributed by atoms with E-state index in [0.717, 1.165) is 0 Å². The Hall–Kier alpha value is -0.860. The lowest BCUT2D eigenvalue weighted by molar-refractivity contribution is -0.125. The van der Waals surface area contributed by atoms with Gasteiger partial charge in [0.2, 0.25) is 15.9 Å². The van der Waals surface area contributed by atoms with Crippen molar-refractivity contribution in [2.45, 2.75) is 27.2 Å². The summed E-state index contributed by atoms with van der Waals surface area (Å²) in [7, 11) is -0.298. The van der Waals surface area contributed by atoms with Crippen molar-refractivity contribution in [1.82, 2.24) is 9.21 Å². The van der Waals surface area contributed by atoms with Crippen molar-refractivity contribution in [3.63, 3.8) is 0 Å². The van der Waals surface area contributed by atoms with Crippen molar-refractivity contribution >= 4 is 33.5 Å². The first-order valence-corrected chi connectivity index (χ1v) is 9.64. The topological polar surface area (TPSA) is 74.8 Å². The molecule has 1 aliphatic rings. The van der Waals surface area contributed by atoms with Gasteiger partial charge in [-0.2, -0.15) is 0 Å². The zero-order valence-corrected chi connectivity index (χ0v) is 15.4. The maximum Gasteiger partial charge on any atom is 0.237 e. The summed E-state index contributed by atoms with van der Waals surface area (Å²) in [6.07, 6.45) is 1.84. The van der Waals surface area contributed by atoms with Crippen molar-refractivity contribution in [2.24, 2.45) is 5.41 Å². The second-order valence-electron chi connectivity index (χ2n) is 6.38. The largest absolute Gasteiger partial charge is 0.306 e. The number of hydrogen-bond acceptors (Lipinski definition) is 5. The van der Waals surface area contributed by atoms with Gasteiger partial charge in [-0.25, -0.2) is 12.7 Å². The van der Waals surface area contributed by atoms with Gasteiger partial charge in [-0.15, -0.1) is 0 Å². The van der Waals surface area contributed by atoms with Crippen LogP contribution in [0.2, 0.25) is 0 Å². The molecule has 0 spiro atoms. The van der Waals surface area contributed by atoms with Crippen LogP contribution < -0.4 is 0 Å². The Balaban J connectivity index is 2.73. The molecule has 1 rings (SSSR count). The zero-order valence-electron chi connectivity index (χ0n) is 13.7. The molecule has 8 heteroatoms. The molecular formula is C14H24N2O4S2. The summed E-state index contributed by atoms with van der Waals surface area (Å²) in [6, 6.07) is 0. The van der Waals surface area contributed by atoms with Crippen molar-refractivity contribution in [1.29, 1.82) is 0 Å². The van der Waals surface area contributed by atoms with E-state index in [1.165, 1.54) is 41.1 Å². The summed E-state index contributed by atoms with van der Waals surface area (Å²) in [5.41, 5.74) is -0.501. The van der Waals surface area contributed by atoms with E-state index in [1.807, 2.05) is 20.8 Å². The third-order valence-electron chi connectivity index (χ3n) is 3.24. The van der Waals surface area contributed by atoms with Crippen molar-refractivity contribution in [3.05, 3.63) is 11.1 Å². The van der Waals surface area contributed by atoms with E-state index in [1.54, 1.807) is 0 Å². The van der Waals surface area contributed by atoms with E-state index in [4.69, 9.17) is 0 Å². The Labute approximate surface area is 137 Å². The van der Waals surface area contributed by atoms with Gasteiger partial charge in [0.05, 0.1) is 16.5 Å². The molecule has 0 aliphatic carbocycles. The Morgan fingerprint density at radius 1 is 1.36 bits per heavy atom. The van der Waals surface area contributed by atoms with Gasteiger partial charge in [0.1, 0.15) is 0 Å². The first kappa shape index (κ1) is 19.2. The van der Waals surface area contributed by atoms with Gasteiger partial charge in [-0.1, -0.05) is 32.5 Å². The molecule has 0 N–H and O–H groups in total. The van der Waals surface area contributed by atoms with Crippen LogP contribution in [-0.2, 0) is 19.6 Å². The quantitative estimate of drug-likeness (QED) is 0.677. The highest BCUT2D eigenvalue weighted by Gasteiger charge is 2.29. The fourth-order valence-electron chi connectivity index (χ4n) is 1.69. The molecule has 1 heterocycles. The maximum atomic E-state index is 12.1. The molecule has 1 amide bonds. The molecule has 0 unspecified atom stereocenters. The van der Waals surface area contributed by atoms with Crippen LogP contribution >= 0.6 is 11.8 Å². The first-order chi connectivity index (χ1) is 9.95. The summed E-state index contributed by atoms with van der Waals surface area (Å²) in [5, 5.41) is 0.618. The number of ketones is 1. The normalized spacial score (nSPS) is 18.5. The molecule has 0 saturated carbocycles. The lowest BCUT2D eigenvalue weighted by atomic mass is 9.91. The minimum Gasteiger partial charge on any atom is -0.306 e. The van der Waals surface area contributed by atoms with E-state index in [0.29, 0.717) is 23.7 Å². The predicted molar refractivity (Wildman–Crippen MR) is 88.8 cm³/mol. The minimum atomic E-state index is -3.27. The molecule has 0 aromatic carbocycles. The van der Waals surface area contributed by atoms with Crippen molar-refractivity contribution in [2.75, 3.05) is 32.1 Å². The zero-order chi connectivity index (χ0) is 17.1. The molecule has 22 heavy (non-hydrogen) atoms. The standard InChI is InChI=1S/C14H24N2O4S2/c1-14(2,3)11(17)9-13-16(12(18)10-21-13)7-6-8-22(19,20)15(4)5/h9H,6-8,10H2,1-5H3. The van der Waals surface area contributed by atoms with Crippen LogP contribution in [0.5, 0.6) is 0 Å². The fraction of sp³-hybridized carbons (Fsp3) is 0.714. The summed E-state index contributed by atoms with van der Waals surface area (Å²) < 4.78 is 24.6. The molecule has 0 bridgehead atoms. The molecular weight excluding hydrogens is 324 g/mol. The number of hydrogen-bond donors (Lipinski definition) is 0. The van der Waals surface area contributed by atoms with Crippen LogP contribution in [0.15, 0.2) is 11.1 Å². The maximum absolute atomic E-state index is 12.1. The van der Waals surface area contributed by atoms with Gasteiger partial charge in [0.15, 0.2) is 5.78 Å². The molecule has 1 fully saturated rings. The molecule has 126 valence electrons. The van der Waals surface area contributed by atoms with Gasteiger partial charge in [0, 0.05) is 32.1 Å². The lowest BCUT2D eigenvalue weighted by Gasteiger charge is -2.19. The molecule has 0 aromatic heterocycles. The van der Waals surface area contributed by atoms with Gasteiger partial charge in [-0.05, 0) is 6.42 Å². The molecule has 1 aliphatic heterocycles. The second kappa shape index (κ2) is 7.14. The first-order valence-electron chi connectivity index (χ1n) is 7.04. The monoisotopic (exact) mass is 348 g/mol. The molecule has 0 radical (unpaired) electrons. The van der Waals surface area contributed by atoms with Gasteiger partial charge in [-0.3, -0.25) is 9.59 Å². The average Bonchev–Trinajstić information content (AvgIpc) is 2.69. The van der Waals surface area contributed by atoms with Crippen LogP contribution in [0.4, 0.5) is 0 Å². The van der Waals surface area contributed by atoms with Crippen molar-refractivity contribution in [3.8, 4) is 0 Å². The molecule has 6 nitrogen and oxygen atoms in total. The van der Waals surface area contributed by atoms with Crippen LogP contribution in [0.25, 0.3) is 0 Å². The number of thioether (sulfide) groups is 1. The SMILES string of the molecule is CN(C)S(=O)(=O)CCCN1C(=O)CSC1=CC(=O)C(C)(C)C. The number of carbonyl (C=O) groups is 2. The van der Waals surface area contributed by atoms with E-state index in [9.17, 15) is 18.0 Å². The predicted octanol–water partition coefficient (Wildman–Crippen LogP) is 1.30. The number of nitrogens with zero attached hydrogens (tertiary/aromatic N) is 2. The fourth-order valence-corrected chi connectivity index (χ4v) is 3.51. The highest BCUT2D eigenvalue weighted by Crippen LogP contribution is 2.30. The number of sulfonamides is 1. The van der Waals surface area contributed by atoms with Crippen LogP contribution in [0.3, 0.4) is 0 Å². The number of carbonyl (C=O) groups excluding carboxylic acids is 2. The summed E-state index contributed by atoms with van der Waals surface area (Å²) >= 11 is 1.32. The Morgan fingerprint density at radius 3 is 2.45 bits per heavy atom. The minimum absolute atomic E-state index is 0.0189. The van der Waals surface area contributed by atoms with E-state index < -0.39 is 15.4 Å². The Kier molecular flexibility index (Phi) is 6.23. The Bertz CT molecular complexity index is 574. The van der Waals surface area contributed by atoms with Crippen molar-refractivity contribution < 1.29 is 18.0 Å². The highest BCUT2D eigenvalue weighted by atomic mass is 32.2. The van der Waals surface area contributed by atoms with Crippen LogP contribution in [0.1, 0.15) is 27.2 Å². The number of allylic oxidation sites excluding steroid dienone is 1. The summed E-state index contributed by atoms with van der Waals surface area (Å²) in [4.78, 5) is 25.5. The van der Waals surface area contributed by atoms with Crippen LogP contribution in [0, 0.1) is 5.41 Å². The van der Waals surface area contributed by atoms with Crippen LogP contribution in [-0.4, -0.2) is 61.5 Å². The summed E-state index contributed by atoms with van der Waals surface area (Å²) in [6.45, 7) is 5.77. The second-order valence-corrected chi connectivity index (χ2v) is 9.68. The molecule has 1 saturated heterocycles. The summed E-state index contributed by atoms with van der Waals surface area (Å²) in [5.74, 6) is 0.148.